The highest BCUT2D eigenvalue weighted by Gasteiger charge is 2.21. The van der Waals surface area contributed by atoms with Gasteiger partial charge in [-0.1, -0.05) is 36.4 Å². The lowest BCUT2D eigenvalue weighted by Crippen LogP contribution is -2.37. The van der Waals surface area contributed by atoms with Gasteiger partial charge >= 0.3 is 0 Å². The Kier molecular flexibility index (Phi) is 6.63. The third-order valence-electron chi connectivity index (χ3n) is 5.22. The third kappa shape index (κ3) is 5.16. The Bertz CT molecular complexity index is 1180. The summed E-state index contributed by atoms with van der Waals surface area (Å²) in [5.74, 6) is 1.43. The van der Waals surface area contributed by atoms with Gasteiger partial charge in [0.15, 0.2) is 0 Å². The molecule has 1 fully saturated rings. The van der Waals surface area contributed by atoms with E-state index in [-0.39, 0.29) is 0 Å². The number of ether oxygens (including phenoxy) is 1. The summed E-state index contributed by atoms with van der Waals surface area (Å²) in [4.78, 5) is 22.3. The molecule has 5 rings (SSSR count). The molecule has 34 heavy (non-hydrogen) atoms. The van der Waals surface area contributed by atoms with Crippen LogP contribution in [0.5, 0.6) is 0 Å². The number of hydrazone groups is 1. The molecule has 3 heterocycles. The van der Waals surface area contributed by atoms with Crippen LogP contribution in [-0.2, 0) is 4.74 Å². The van der Waals surface area contributed by atoms with E-state index in [1.165, 1.54) is 0 Å². The molecule has 0 saturated carbocycles. The Morgan fingerprint density at radius 2 is 1.47 bits per heavy atom. The molecule has 1 N–H and O–H groups in total. The van der Waals surface area contributed by atoms with Gasteiger partial charge in [-0.05, 0) is 42.0 Å². The Labute approximate surface area is 197 Å². The number of para-hydroxylation sites is 2. The van der Waals surface area contributed by atoms with Crippen LogP contribution >= 0.6 is 0 Å². The zero-order chi connectivity index (χ0) is 23.0. The minimum atomic E-state index is 0.355. The standard InChI is InChI=1S/C25H24N8O/c1-3-7-21(8-4-1)33(22-9-5-2-6-10-22)25-29-23(31-27-19-20-11-13-26-14-12-20)28-24(30-25)32-15-17-34-18-16-32/h1-14,19H,15-18H2,(H,28,29,30,31)/b27-19+. The molecule has 0 amide bonds. The zero-order valence-corrected chi connectivity index (χ0v) is 18.5. The highest BCUT2D eigenvalue weighted by atomic mass is 16.5. The van der Waals surface area contributed by atoms with Crippen LogP contribution in [0.2, 0.25) is 0 Å². The molecular weight excluding hydrogens is 428 g/mol. The van der Waals surface area contributed by atoms with E-state index >= 15 is 0 Å². The fourth-order valence-corrected chi connectivity index (χ4v) is 3.56. The maximum atomic E-state index is 5.51. The summed E-state index contributed by atoms with van der Waals surface area (Å²) in [5, 5.41) is 4.33. The zero-order valence-electron chi connectivity index (χ0n) is 18.5. The van der Waals surface area contributed by atoms with Gasteiger partial charge in [0.05, 0.1) is 19.4 Å². The molecule has 1 saturated heterocycles. The Balaban J connectivity index is 1.55. The van der Waals surface area contributed by atoms with Crippen LogP contribution in [0.15, 0.2) is 90.3 Å². The summed E-state index contributed by atoms with van der Waals surface area (Å²) in [6, 6.07) is 23.8. The number of hydrogen-bond donors (Lipinski definition) is 1. The summed E-state index contributed by atoms with van der Waals surface area (Å²) in [6.45, 7) is 2.68. The van der Waals surface area contributed by atoms with Gasteiger partial charge in [-0.25, -0.2) is 5.43 Å². The van der Waals surface area contributed by atoms with E-state index < -0.39 is 0 Å². The van der Waals surface area contributed by atoms with Crippen molar-refractivity contribution in [2.75, 3.05) is 41.5 Å². The number of rotatable bonds is 7. The molecule has 0 radical (unpaired) electrons. The van der Waals surface area contributed by atoms with Gasteiger partial charge in [0.1, 0.15) is 0 Å². The van der Waals surface area contributed by atoms with Crippen molar-refractivity contribution in [3.8, 4) is 0 Å². The van der Waals surface area contributed by atoms with Crippen LogP contribution in [-0.4, -0.2) is 52.5 Å². The minimum absolute atomic E-state index is 0.355. The molecule has 1 aliphatic rings. The van der Waals surface area contributed by atoms with E-state index in [4.69, 9.17) is 14.7 Å². The molecule has 4 aromatic rings. The summed E-state index contributed by atoms with van der Waals surface area (Å²) in [7, 11) is 0. The highest BCUT2D eigenvalue weighted by Crippen LogP contribution is 2.33. The number of pyridine rings is 1. The van der Waals surface area contributed by atoms with Gasteiger partial charge in [-0.2, -0.15) is 20.1 Å². The van der Waals surface area contributed by atoms with Crippen LogP contribution in [0, 0.1) is 0 Å². The van der Waals surface area contributed by atoms with Crippen molar-refractivity contribution in [2.24, 2.45) is 5.10 Å². The Morgan fingerprint density at radius 1 is 0.824 bits per heavy atom. The summed E-state index contributed by atoms with van der Waals surface area (Å²) >= 11 is 0. The second-order valence-corrected chi connectivity index (χ2v) is 7.52. The first-order chi connectivity index (χ1) is 16.9. The predicted octanol–water partition coefficient (Wildman–Crippen LogP) is 4.02. The van der Waals surface area contributed by atoms with E-state index in [0.29, 0.717) is 44.1 Å². The number of benzene rings is 2. The van der Waals surface area contributed by atoms with Crippen LogP contribution in [0.1, 0.15) is 5.56 Å². The first-order valence-electron chi connectivity index (χ1n) is 11.0. The van der Waals surface area contributed by atoms with Crippen molar-refractivity contribution in [1.29, 1.82) is 0 Å². The lowest BCUT2D eigenvalue weighted by molar-refractivity contribution is 0.122. The molecule has 1 aliphatic heterocycles. The average molecular weight is 453 g/mol. The first-order valence-corrected chi connectivity index (χ1v) is 11.0. The summed E-state index contributed by atoms with van der Waals surface area (Å²) in [6.07, 6.45) is 5.14. The molecular formula is C25H24N8O. The normalized spacial score (nSPS) is 13.7. The largest absolute Gasteiger partial charge is 0.378 e. The smallest absolute Gasteiger partial charge is 0.250 e. The molecule has 0 atom stereocenters. The quantitative estimate of drug-likeness (QED) is 0.332. The Morgan fingerprint density at radius 3 is 2.12 bits per heavy atom. The molecule has 2 aromatic heterocycles. The maximum absolute atomic E-state index is 5.51. The lowest BCUT2D eigenvalue weighted by atomic mass is 10.2. The molecule has 0 unspecified atom stereocenters. The van der Waals surface area contributed by atoms with Crippen LogP contribution < -0.4 is 15.2 Å². The van der Waals surface area contributed by atoms with Crippen molar-refractivity contribution in [3.63, 3.8) is 0 Å². The molecule has 0 bridgehead atoms. The maximum Gasteiger partial charge on any atom is 0.250 e. The predicted molar refractivity (Wildman–Crippen MR) is 133 cm³/mol. The van der Waals surface area contributed by atoms with E-state index in [1.807, 2.05) is 77.7 Å². The number of nitrogens with one attached hydrogen (secondary N) is 1. The molecule has 9 heteroatoms. The molecule has 0 spiro atoms. The van der Waals surface area contributed by atoms with Crippen molar-refractivity contribution in [2.45, 2.75) is 0 Å². The third-order valence-corrected chi connectivity index (χ3v) is 5.22. The number of hydrogen-bond acceptors (Lipinski definition) is 9. The lowest BCUT2D eigenvalue weighted by Gasteiger charge is -2.28. The summed E-state index contributed by atoms with van der Waals surface area (Å²) < 4.78 is 5.51. The molecule has 170 valence electrons. The summed E-state index contributed by atoms with van der Waals surface area (Å²) in [5.41, 5.74) is 5.78. The van der Waals surface area contributed by atoms with Crippen LogP contribution in [0.3, 0.4) is 0 Å². The van der Waals surface area contributed by atoms with E-state index in [2.05, 4.69) is 25.4 Å². The van der Waals surface area contributed by atoms with E-state index in [9.17, 15) is 0 Å². The fourth-order valence-electron chi connectivity index (χ4n) is 3.56. The van der Waals surface area contributed by atoms with Gasteiger partial charge in [-0.15, -0.1) is 0 Å². The first kappa shape index (κ1) is 21.5. The minimum Gasteiger partial charge on any atom is -0.378 e. The average Bonchev–Trinajstić information content (AvgIpc) is 2.91. The van der Waals surface area contributed by atoms with E-state index in [0.717, 1.165) is 16.9 Å². The number of aromatic nitrogens is 4. The Hall–Kier alpha value is -4.37. The van der Waals surface area contributed by atoms with Crippen molar-refractivity contribution >= 4 is 35.4 Å². The SMILES string of the molecule is C(=N\Nc1nc(N2CCOCC2)nc(N(c2ccccc2)c2ccccc2)n1)/c1ccncc1. The van der Waals surface area contributed by atoms with Crippen molar-refractivity contribution in [3.05, 3.63) is 90.8 Å². The monoisotopic (exact) mass is 452 g/mol. The number of nitrogens with zero attached hydrogens (tertiary/aromatic N) is 7. The second-order valence-electron chi connectivity index (χ2n) is 7.52. The number of morpholine rings is 1. The van der Waals surface area contributed by atoms with Gasteiger partial charge < -0.3 is 9.64 Å². The van der Waals surface area contributed by atoms with Gasteiger partial charge in [0.2, 0.25) is 17.8 Å². The van der Waals surface area contributed by atoms with Crippen molar-refractivity contribution < 1.29 is 4.74 Å². The van der Waals surface area contributed by atoms with Gasteiger partial charge in [0.25, 0.3) is 0 Å². The number of anilines is 5. The topological polar surface area (TPSA) is 91.7 Å². The van der Waals surface area contributed by atoms with Crippen molar-refractivity contribution in [1.82, 2.24) is 19.9 Å². The van der Waals surface area contributed by atoms with Gasteiger partial charge in [-0.3, -0.25) is 9.88 Å². The molecule has 2 aromatic carbocycles. The highest BCUT2D eigenvalue weighted by molar-refractivity contribution is 5.79. The van der Waals surface area contributed by atoms with Crippen LogP contribution in [0.4, 0.5) is 29.2 Å². The van der Waals surface area contributed by atoms with E-state index in [1.54, 1.807) is 18.6 Å². The van der Waals surface area contributed by atoms with Gasteiger partial charge in [0, 0.05) is 36.9 Å². The molecule has 0 aliphatic carbocycles. The second kappa shape index (κ2) is 10.5. The fraction of sp³-hybridized carbons (Fsp3) is 0.160. The molecule has 9 nitrogen and oxygen atoms in total. The van der Waals surface area contributed by atoms with Crippen LogP contribution in [0.25, 0.3) is 0 Å².